The number of rotatable bonds is 2. The molecule has 0 aromatic heterocycles. The van der Waals surface area contributed by atoms with Gasteiger partial charge in [-0.3, -0.25) is 0 Å². The van der Waals surface area contributed by atoms with Crippen molar-refractivity contribution in [1.29, 1.82) is 0 Å². The van der Waals surface area contributed by atoms with Crippen molar-refractivity contribution in [2.45, 2.75) is 129 Å². The van der Waals surface area contributed by atoms with E-state index in [1.165, 1.54) is 116 Å². The zero-order valence-corrected chi connectivity index (χ0v) is 18.1. The van der Waals surface area contributed by atoms with Gasteiger partial charge >= 0.3 is 0 Å². The lowest BCUT2D eigenvalue weighted by Gasteiger charge is -2.41. The first kappa shape index (κ1) is 21.6. The van der Waals surface area contributed by atoms with Crippen molar-refractivity contribution in [2.75, 3.05) is 5.88 Å². The van der Waals surface area contributed by atoms with Crippen molar-refractivity contribution in [3.8, 4) is 0 Å². The lowest BCUT2D eigenvalue weighted by Crippen LogP contribution is -2.30. The Morgan fingerprint density at radius 3 is 1.64 bits per heavy atom. The highest BCUT2D eigenvalue weighted by Gasteiger charge is 2.35. The van der Waals surface area contributed by atoms with Gasteiger partial charge in [-0.25, -0.2) is 0 Å². The van der Waals surface area contributed by atoms with Gasteiger partial charge < -0.3 is 0 Å². The van der Waals surface area contributed by atoms with Crippen LogP contribution in [-0.4, -0.2) is 5.88 Å². The minimum absolute atomic E-state index is 0.390. The third-order valence-electron chi connectivity index (χ3n) is 7.73. The smallest absolute Gasteiger partial charge is 0.0277 e. The molecule has 0 N–H and O–H groups in total. The fourth-order valence-corrected chi connectivity index (χ4v) is 5.84. The Labute approximate surface area is 163 Å². The first-order valence-corrected chi connectivity index (χ1v) is 12.2. The van der Waals surface area contributed by atoms with E-state index in [-0.39, 0.29) is 0 Å². The highest BCUT2D eigenvalue weighted by Crippen LogP contribution is 2.46. The summed E-state index contributed by atoms with van der Waals surface area (Å²) in [5, 5.41) is 0. The van der Waals surface area contributed by atoms with Gasteiger partial charge in [0.25, 0.3) is 0 Å². The standard InChI is InChI=1S/C24H45Cl/c1-23(21-25)17-12-10-7-11-15-22(16-20-23)24(2)18-13-8-5-3-4-6-9-14-19-24/h22H,3-21H2,1-2H3. The Morgan fingerprint density at radius 2 is 1.08 bits per heavy atom. The maximum absolute atomic E-state index is 6.42. The molecule has 0 nitrogen and oxygen atoms in total. The molecular formula is C24H45Cl. The van der Waals surface area contributed by atoms with E-state index in [9.17, 15) is 0 Å². The molecule has 1 heteroatoms. The van der Waals surface area contributed by atoms with E-state index < -0.39 is 0 Å². The number of alkyl halides is 1. The second-order valence-corrected chi connectivity index (χ2v) is 10.4. The van der Waals surface area contributed by atoms with Crippen molar-refractivity contribution in [3.63, 3.8) is 0 Å². The molecule has 0 aromatic carbocycles. The Bertz CT molecular complexity index is 338. The lowest BCUT2D eigenvalue weighted by atomic mass is 9.65. The first-order chi connectivity index (χ1) is 12.1. The molecule has 148 valence electrons. The van der Waals surface area contributed by atoms with Crippen molar-refractivity contribution in [1.82, 2.24) is 0 Å². The Balaban J connectivity index is 2.04. The average molecular weight is 369 g/mol. The molecular weight excluding hydrogens is 324 g/mol. The molecule has 0 amide bonds. The van der Waals surface area contributed by atoms with Gasteiger partial charge in [-0.15, -0.1) is 11.6 Å². The summed E-state index contributed by atoms with van der Waals surface area (Å²) < 4.78 is 0. The molecule has 2 unspecified atom stereocenters. The largest absolute Gasteiger partial charge is 0.126 e. The van der Waals surface area contributed by atoms with Crippen LogP contribution in [0.4, 0.5) is 0 Å². The summed E-state index contributed by atoms with van der Waals surface area (Å²) in [6.45, 7) is 5.12. The highest BCUT2D eigenvalue weighted by molar-refractivity contribution is 6.18. The van der Waals surface area contributed by atoms with Crippen LogP contribution >= 0.6 is 11.6 Å². The van der Waals surface area contributed by atoms with Crippen LogP contribution in [0.15, 0.2) is 0 Å². The average Bonchev–Trinajstić information content (AvgIpc) is 2.66. The van der Waals surface area contributed by atoms with Gasteiger partial charge in [0.1, 0.15) is 0 Å². The molecule has 0 aromatic rings. The number of halogens is 1. The van der Waals surface area contributed by atoms with Gasteiger partial charge in [0.05, 0.1) is 0 Å². The van der Waals surface area contributed by atoms with Gasteiger partial charge in [-0.05, 0) is 55.3 Å². The summed E-state index contributed by atoms with van der Waals surface area (Å²) in [7, 11) is 0. The fraction of sp³-hybridized carbons (Fsp3) is 1.00. The topological polar surface area (TPSA) is 0 Å². The van der Waals surface area contributed by atoms with E-state index in [0.29, 0.717) is 10.8 Å². The zero-order chi connectivity index (χ0) is 18.0. The summed E-state index contributed by atoms with van der Waals surface area (Å²) in [4.78, 5) is 0. The van der Waals surface area contributed by atoms with E-state index in [0.717, 1.165) is 11.8 Å². The van der Waals surface area contributed by atoms with Crippen molar-refractivity contribution < 1.29 is 0 Å². The van der Waals surface area contributed by atoms with Crippen molar-refractivity contribution in [2.24, 2.45) is 16.7 Å². The molecule has 2 aliphatic carbocycles. The van der Waals surface area contributed by atoms with Crippen LogP contribution in [-0.2, 0) is 0 Å². The van der Waals surface area contributed by atoms with Crippen LogP contribution in [0.1, 0.15) is 129 Å². The Morgan fingerprint density at radius 1 is 0.600 bits per heavy atom. The van der Waals surface area contributed by atoms with E-state index in [4.69, 9.17) is 11.6 Å². The van der Waals surface area contributed by atoms with Crippen LogP contribution in [0.2, 0.25) is 0 Å². The predicted molar refractivity (Wildman–Crippen MR) is 114 cm³/mol. The van der Waals surface area contributed by atoms with Gasteiger partial charge in [-0.2, -0.15) is 0 Å². The molecule has 2 fully saturated rings. The molecule has 2 saturated carbocycles. The molecule has 0 spiro atoms. The van der Waals surface area contributed by atoms with Crippen LogP contribution in [0.5, 0.6) is 0 Å². The second-order valence-electron chi connectivity index (χ2n) is 10.1. The summed E-state index contributed by atoms with van der Waals surface area (Å²) in [5.74, 6) is 1.80. The predicted octanol–water partition coefficient (Wildman–Crippen LogP) is 8.90. The molecule has 0 heterocycles. The second kappa shape index (κ2) is 11.2. The van der Waals surface area contributed by atoms with Gasteiger partial charge in [0.2, 0.25) is 0 Å². The minimum atomic E-state index is 0.390. The molecule has 0 bridgehead atoms. The van der Waals surface area contributed by atoms with Crippen molar-refractivity contribution >= 4 is 11.6 Å². The molecule has 25 heavy (non-hydrogen) atoms. The van der Waals surface area contributed by atoms with E-state index in [1.54, 1.807) is 0 Å². The van der Waals surface area contributed by atoms with Gasteiger partial charge in [0.15, 0.2) is 0 Å². The summed E-state index contributed by atoms with van der Waals surface area (Å²) in [6, 6.07) is 0. The lowest BCUT2D eigenvalue weighted by molar-refractivity contribution is 0.103. The monoisotopic (exact) mass is 368 g/mol. The summed E-state index contributed by atoms with van der Waals surface area (Å²) >= 11 is 6.42. The summed E-state index contributed by atoms with van der Waals surface area (Å²) in [5.41, 5.74) is 0.984. The van der Waals surface area contributed by atoms with Crippen molar-refractivity contribution in [3.05, 3.63) is 0 Å². The van der Waals surface area contributed by atoms with Gasteiger partial charge in [-0.1, -0.05) is 90.9 Å². The van der Waals surface area contributed by atoms with Crippen LogP contribution < -0.4 is 0 Å². The molecule has 0 radical (unpaired) electrons. The minimum Gasteiger partial charge on any atom is -0.126 e. The highest BCUT2D eigenvalue weighted by atomic mass is 35.5. The number of hydrogen-bond donors (Lipinski definition) is 0. The molecule has 2 atom stereocenters. The Hall–Kier alpha value is 0.290. The molecule has 0 aliphatic heterocycles. The quantitative estimate of drug-likeness (QED) is 0.426. The molecule has 2 rings (SSSR count). The van der Waals surface area contributed by atoms with Crippen LogP contribution in [0, 0.1) is 16.7 Å². The van der Waals surface area contributed by atoms with Crippen LogP contribution in [0.25, 0.3) is 0 Å². The first-order valence-electron chi connectivity index (χ1n) is 11.6. The van der Waals surface area contributed by atoms with E-state index in [2.05, 4.69) is 13.8 Å². The third-order valence-corrected chi connectivity index (χ3v) is 8.38. The maximum Gasteiger partial charge on any atom is 0.0277 e. The Kier molecular flexibility index (Phi) is 9.68. The molecule has 2 aliphatic rings. The SMILES string of the molecule is CC1(CCl)CCCCCCC(C2(C)CCCCCCCCCC2)CC1. The summed E-state index contributed by atoms with van der Waals surface area (Å²) in [6.07, 6.45) is 26.1. The van der Waals surface area contributed by atoms with Gasteiger partial charge in [0, 0.05) is 5.88 Å². The van der Waals surface area contributed by atoms with Crippen LogP contribution in [0.3, 0.4) is 0 Å². The van der Waals surface area contributed by atoms with E-state index >= 15 is 0 Å². The third kappa shape index (κ3) is 7.43. The maximum atomic E-state index is 6.42. The van der Waals surface area contributed by atoms with E-state index in [1.807, 2.05) is 0 Å². The molecule has 0 saturated heterocycles. The normalized spacial score (nSPS) is 34.0. The zero-order valence-electron chi connectivity index (χ0n) is 17.4. The number of hydrogen-bond acceptors (Lipinski definition) is 0. The fourth-order valence-electron chi connectivity index (χ4n) is 5.57.